The van der Waals surface area contributed by atoms with Gasteiger partial charge < -0.3 is 9.84 Å². The highest BCUT2D eigenvalue weighted by Crippen LogP contribution is 2.42. The molecule has 0 saturated heterocycles. The predicted molar refractivity (Wildman–Crippen MR) is 85.4 cm³/mol. The molecule has 2 aromatic rings. The van der Waals surface area contributed by atoms with Crippen LogP contribution in [0.2, 0.25) is 0 Å². The minimum absolute atomic E-state index is 0.0648. The normalized spacial score (nSPS) is 16.2. The first kappa shape index (κ1) is 16.8. The Morgan fingerprint density at radius 2 is 1.92 bits per heavy atom. The molecule has 0 radical (unpaired) electrons. The molecule has 25 heavy (non-hydrogen) atoms. The van der Waals surface area contributed by atoms with Crippen LogP contribution in [0.4, 0.5) is 8.78 Å². The van der Waals surface area contributed by atoms with Gasteiger partial charge in [-0.25, -0.2) is 9.18 Å². The van der Waals surface area contributed by atoms with Gasteiger partial charge in [-0.1, -0.05) is 36.4 Å². The van der Waals surface area contributed by atoms with Gasteiger partial charge in [0.2, 0.25) is 11.6 Å². The Morgan fingerprint density at radius 3 is 2.56 bits per heavy atom. The van der Waals surface area contributed by atoms with Gasteiger partial charge in [0.1, 0.15) is 5.57 Å². The molecule has 1 N–H and O–H groups in total. The van der Waals surface area contributed by atoms with E-state index in [2.05, 4.69) is 0 Å². The van der Waals surface area contributed by atoms with E-state index in [1.54, 1.807) is 37.3 Å². The van der Waals surface area contributed by atoms with E-state index in [1.165, 1.54) is 6.08 Å². The van der Waals surface area contributed by atoms with Crippen LogP contribution < -0.4 is 0 Å². The number of rotatable bonds is 3. The molecule has 1 unspecified atom stereocenters. The molecule has 0 aromatic heterocycles. The molecule has 0 fully saturated rings. The van der Waals surface area contributed by atoms with Gasteiger partial charge >= 0.3 is 5.97 Å². The van der Waals surface area contributed by atoms with Crippen molar-refractivity contribution in [1.29, 1.82) is 0 Å². The number of ether oxygens (including phenoxy) is 1. The van der Waals surface area contributed by atoms with Crippen molar-refractivity contribution in [3.05, 3.63) is 76.4 Å². The molecule has 1 atom stereocenters. The molecule has 3 rings (SSSR count). The molecule has 2 aromatic carbocycles. The van der Waals surface area contributed by atoms with Crippen molar-refractivity contribution in [1.82, 2.24) is 0 Å². The van der Waals surface area contributed by atoms with E-state index in [0.29, 0.717) is 11.6 Å². The zero-order valence-corrected chi connectivity index (χ0v) is 13.3. The number of esters is 1. The SMILES string of the molecule is CCOC(=O)C1=CC(c2ccccc2)c2c(cc(F)c(F)c2O)C1=O. The molecule has 0 amide bonds. The summed E-state index contributed by atoms with van der Waals surface area (Å²) in [5.41, 5.74) is 0.0203. The van der Waals surface area contributed by atoms with Crippen molar-refractivity contribution >= 4 is 11.8 Å². The second kappa shape index (κ2) is 6.47. The van der Waals surface area contributed by atoms with Gasteiger partial charge in [-0.2, -0.15) is 4.39 Å². The highest BCUT2D eigenvalue weighted by molar-refractivity contribution is 6.26. The highest BCUT2D eigenvalue weighted by atomic mass is 19.2. The number of carbonyl (C=O) groups excluding carboxylic acids is 2. The molecule has 0 saturated carbocycles. The van der Waals surface area contributed by atoms with Gasteiger partial charge in [0.15, 0.2) is 11.6 Å². The quantitative estimate of drug-likeness (QED) is 0.684. The first-order valence-electron chi connectivity index (χ1n) is 7.65. The predicted octanol–water partition coefficient (Wildman–Crippen LogP) is 3.49. The number of carbonyl (C=O) groups is 2. The standard InChI is InChI=1S/C19H14F2O4/c1-2-25-19(24)13-8-11(10-6-4-3-5-7-10)15-12(17(13)22)9-14(20)16(21)18(15)23/h3-9,11,23H,2H2,1H3. The first-order valence-corrected chi connectivity index (χ1v) is 7.65. The Bertz CT molecular complexity index is 888. The van der Waals surface area contributed by atoms with Gasteiger partial charge in [0, 0.05) is 17.0 Å². The van der Waals surface area contributed by atoms with Crippen molar-refractivity contribution < 1.29 is 28.2 Å². The van der Waals surface area contributed by atoms with Crippen LogP contribution in [0.3, 0.4) is 0 Å². The fourth-order valence-corrected chi connectivity index (χ4v) is 2.89. The topological polar surface area (TPSA) is 63.6 Å². The van der Waals surface area contributed by atoms with E-state index in [9.17, 15) is 23.5 Å². The molecular formula is C19H14F2O4. The van der Waals surface area contributed by atoms with Crippen molar-refractivity contribution in [2.75, 3.05) is 6.61 Å². The number of Topliss-reactive ketones (excluding diaryl/α,β-unsaturated/α-hetero) is 1. The zero-order valence-electron chi connectivity index (χ0n) is 13.3. The van der Waals surface area contributed by atoms with Gasteiger partial charge in [-0.15, -0.1) is 0 Å². The summed E-state index contributed by atoms with van der Waals surface area (Å²) in [4.78, 5) is 24.6. The van der Waals surface area contributed by atoms with E-state index in [1.807, 2.05) is 0 Å². The molecule has 6 heteroatoms. The first-order chi connectivity index (χ1) is 12.0. The Labute approximate surface area is 142 Å². The summed E-state index contributed by atoms with van der Waals surface area (Å²) in [6.07, 6.45) is 1.31. The zero-order chi connectivity index (χ0) is 18.1. The van der Waals surface area contributed by atoms with E-state index < -0.39 is 35.1 Å². The number of hydrogen-bond acceptors (Lipinski definition) is 4. The maximum atomic E-state index is 13.9. The van der Waals surface area contributed by atoms with Crippen molar-refractivity contribution in [3.63, 3.8) is 0 Å². The Kier molecular flexibility index (Phi) is 4.35. The summed E-state index contributed by atoms with van der Waals surface area (Å²) in [5, 5.41) is 10.1. The molecule has 1 aliphatic rings. The minimum Gasteiger partial charge on any atom is -0.505 e. The molecule has 1 aliphatic carbocycles. The number of ketones is 1. The third kappa shape index (κ3) is 2.80. The highest BCUT2D eigenvalue weighted by Gasteiger charge is 2.36. The lowest BCUT2D eigenvalue weighted by molar-refractivity contribution is -0.138. The summed E-state index contributed by atoms with van der Waals surface area (Å²) < 4.78 is 32.5. The largest absolute Gasteiger partial charge is 0.505 e. The molecule has 0 heterocycles. The van der Waals surface area contributed by atoms with Crippen molar-refractivity contribution in [2.24, 2.45) is 0 Å². The Balaban J connectivity index is 2.26. The summed E-state index contributed by atoms with van der Waals surface area (Å²) in [7, 11) is 0. The van der Waals surface area contributed by atoms with Crippen LogP contribution in [0.15, 0.2) is 48.0 Å². The van der Waals surface area contributed by atoms with Crippen LogP contribution in [0.25, 0.3) is 0 Å². The van der Waals surface area contributed by atoms with E-state index in [0.717, 1.165) is 0 Å². The Morgan fingerprint density at radius 1 is 1.24 bits per heavy atom. The molecule has 4 nitrogen and oxygen atoms in total. The summed E-state index contributed by atoms with van der Waals surface area (Å²) >= 11 is 0. The summed E-state index contributed by atoms with van der Waals surface area (Å²) in [6, 6.07) is 9.31. The van der Waals surface area contributed by atoms with Crippen molar-refractivity contribution in [3.8, 4) is 5.75 Å². The molecule has 0 aliphatic heterocycles. The second-order valence-electron chi connectivity index (χ2n) is 5.50. The van der Waals surface area contributed by atoms with Gasteiger partial charge in [-0.05, 0) is 18.6 Å². The van der Waals surface area contributed by atoms with Crippen LogP contribution in [0.1, 0.15) is 34.3 Å². The van der Waals surface area contributed by atoms with Crippen LogP contribution in [-0.4, -0.2) is 23.5 Å². The number of allylic oxidation sites excluding steroid dienone is 1. The summed E-state index contributed by atoms with van der Waals surface area (Å²) in [6.45, 7) is 1.66. The number of fused-ring (bicyclic) bond motifs is 1. The smallest absolute Gasteiger partial charge is 0.341 e. The van der Waals surface area contributed by atoms with Gasteiger partial charge in [0.25, 0.3) is 0 Å². The molecular weight excluding hydrogens is 330 g/mol. The average Bonchev–Trinajstić information content (AvgIpc) is 2.61. The van der Waals surface area contributed by atoms with Crippen LogP contribution >= 0.6 is 0 Å². The number of benzene rings is 2. The number of phenolic OH excluding ortho intramolecular Hbond substituents is 1. The van der Waals surface area contributed by atoms with Crippen LogP contribution in [0, 0.1) is 11.6 Å². The maximum Gasteiger partial charge on any atom is 0.341 e. The lowest BCUT2D eigenvalue weighted by Gasteiger charge is -2.24. The van der Waals surface area contributed by atoms with Gasteiger partial charge in [0.05, 0.1) is 6.61 Å². The fraction of sp³-hybridized carbons (Fsp3) is 0.158. The van der Waals surface area contributed by atoms with Crippen molar-refractivity contribution in [2.45, 2.75) is 12.8 Å². The molecule has 0 bridgehead atoms. The number of hydrogen-bond donors (Lipinski definition) is 1. The van der Waals surface area contributed by atoms with Crippen LogP contribution in [-0.2, 0) is 9.53 Å². The van der Waals surface area contributed by atoms with Crippen LogP contribution in [0.5, 0.6) is 5.75 Å². The third-order valence-electron chi connectivity index (χ3n) is 4.02. The van der Waals surface area contributed by atoms with E-state index in [4.69, 9.17) is 4.74 Å². The molecule has 0 spiro atoms. The van der Waals surface area contributed by atoms with Gasteiger partial charge in [-0.3, -0.25) is 4.79 Å². The lowest BCUT2D eigenvalue weighted by atomic mass is 9.79. The number of halogens is 2. The summed E-state index contributed by atoms with van der Waals surface area (Å²) in [5.74, 6) is -6.17. The number of phenols is 1. The Hall–Kier alpha value is -3.02. The second-order valence-corrected chi connectivity index (χ2v) is 5.50. The number of aromatic hydroxyl groups is 1. The third-order valence-corrected chi connectivity index (χ3v) is 4.02. The minimum atomic E-state index is -1.43. The maximum absolute atomic E-state index is 13.9. The average molecular weight is 344 g/mol. The van der Waals surface area contributed by atoms with E-state index >= 15 is 0 Å². The molecule has 128 valence electrons. The monoisotopic (exact) mass is 344 g/mol. The fourth-order valence-electron chi connectivity index (χ4n) is 2.89. The van der Waals surface area contributed by atoms with E-state index in [-0.39, 0.29) is 23.3 Å². The lowest BCUT2D eigenvalue weighted by Crippen LogP contribution is -2.24.